The van der Waals surface area contributed by atoms with Crippen LogP contribution in [0.4, 0.5) is 0 Å². The van der Waals surface area contributed by atoms with Crippen LogP contribution in [0.1, 0.15) is 77.0 Å². The maximum atomic E-state index is 3.25. The molecule has 0 spiro atoms. The molecule has 0 aromatic carbocycles. The molecule has 0 aliphatic heterocycles. The largest absolute Gasteiger partial charge is 0.245 e. The first-order chi connectivity index (χ1) is 9.36. The molecule has 0 bridgehead atoms. The van der Waals surface area contributed by atoms with Crippen LogP contribution in [0.25, 0.3) is 0 Å². The zero-order valence-electron chi connectivity index (χ0n) is 13.0. The first-order valence-corrected chi connectivity index (χ1v) is 10.4. The summed E-state index contributed by atoms with van der Waals surface area (Å²) in [5, 5.41) is 0. The average molecular weight is 387 g/mol. The van der Waals surface area contributed by atoms with Crippen LogP contribution < -0.4 is 0 Å². The van der Waals surface area contributed by atoms with E-state index in [1.807, 2.05) is 0 Å². The molecule has 120 valence electrons. The van der Waals surface area contributed by atoms with Crippen LogP contribution in [0.5, 0.6) is 0 Å². The van der Waals surface area contributed by atoms with E-state index in [4.69, 9.17) is 0 Å². The van der Waals surface area contributed by atoms with Gasteiger partial charge in [-0.2, -0.15) is 0 Å². The molecule has 0 heterocycles. The van der Waals surface area contributed by atoms with Crippen LogP contribution in [-0.2, 0) is 20.4 Å². The first-order valence-electron chi connectivity index (χ1n) is 8.63. The number of allylic oxidation sites excluding steroid dienone is 1. The van der Waals surface area contributed by atoms with Crippen molar-refractivity contribution < 1.29 is 20.4 Å². The Kier molecular flexibility index (Phi) is 9.78. The second-order valence-corrected chi connectivity index (χ2v) is 10.2. The Bertz CT molecular complexity index is 210. The molecule has 0 atom stereocenters. The third kappa shape index (κ3) is 5.16. The van der Waals surface area contributed by atoms with Gasteiger partial charge >= 0.3 is 0 Å². The van der Waals surface area contributed by atoms with Crippen molar-refractivity contribution in [3.05, 3.63) is 19.6 Å². The second-order valence-electron chi connectivity index (χ2n) is 6.73. The van der Waals surface area contributed by atoms with Crippen LogP contribution >= 0.6 is 7.92 Å². The second kappa shape index (κ2) is 10.4. The Morgan fingerprint density at radius 1 is 0.700 bits per heavy atom. The quantitative estimate of drug-likeness (QED) is 0.315. The Morgan fingerprint density at radius 2 is 0.900 bits per heavy atom. The molecule has 0 radical (unpaired) electrons. The first kappa shape index (κ1) is 18.8. The average Bonchev–Trinajstić information content (AvgIpc) is 3.15. The molecule has 3 fully saturated rings. The molecule has 0 aromatic heterocycles. The molecule has 3 aliphatic rings. The van der Waals surface area contributed by atoms with Gasteiger partial charge in [0.05, 0.1) is 17.0 Å². The normalized spacial score (nSPS) is 24.4. The SMILES string of the molecule is C1CCC([PH+](C2CCCC2)C2CCCC2)C1.C=C[CH2-].[Pd]. The zero-order valence-corrected chi connectivity index (χ0v) is 15.6. The molecule has 2 heteroatoms. The van der Waals surface area contributed by atoms with Gasteiger partial charge in [0.1, 0.15) is 0 Å². The molecule has 3 rings (SSSR count). The molecular weight excluding hydrogens is 354 g/mol. The van der Waals surface area contributed by atoms with Crippen LogP contribution in [0.3, 0.4) is 0 Å². The zero-order chi connectivity index (χ0) is 13.5. The summed E-state index contributed by atoms with van der Waals surface area (Å²) >= 11 is 0. The van der Waals surface area contributed by atoms with Crippen LogP contribution in [0.15, 0.2) is 12.7 Å². The van der Waals surface area contributed by atoms with Gasteiger partial charge in [-0.15, -0.1) is 0 Å². The molecule has 3 saturated carbocycles. The molecule has 0 nitrogen and oxygen atoms in total. The topological polar surface area (TPSA) is 0 Å². The third-order valence-electron chi connectivity index (χ3n) is 5.48. The van der Waals surface area contributed by atoms with Gasteiger partial charge in [-0.25, -0.2) is 19.6 Å². The minimum atomic E-state index is 0. The van der Waals surface area contributed by atoms with E-state index in [0.717, 1.165) is 0 Å². The fourth-order valence-electron chi connectivity index (χ4n) is 4.78. The minimum Gasteiger partial charge on any atom is -0.245 e. The van der Waals surface area contributed by atoms with E-state index in [1.54, 1.807) is 77.0 Å². The summed E-state index contributed by atoms with van der Waals surface area (Å²) in [6, 6.07) is 0. The predicted molar refractivity (Wildman–Crippen MR) is 90.6 cm³/mol. The van der Waals surface area contributed by atoms with Crippen molar-refractivity contribution in [1.29, 1.82) is 0 Å². The minimum absolute atomic E-state index is 0. The van der Waals surface area contributed by atoms with Crippen LogP contribution in [-0.4, -0.2) is 17.0 Å². The van der Waals surface area contributed by atoms with Crippen molar-refractivity contribution in [3.8, 4) is 0 Å². The maximum Gasteiger partial charge on any atom is 0.0680 e. The molecule has 20 heavy (non-hydrogen) atoms. The van der Waals surface area contributed by atoms with E-state index in [2.05, 4.69) is 13.5 Å². The fourth-order valence-corrected chi connectivity index (χ4v) is 10.0. The molecule has 3 aliphatic carbocycles. The van der Waals surface area contributed by atoms with E-state index < -0.39 is 0 Å². The van der Waals surface area contributed by atoms with E-state index in [9.17, 15) is 0 Å². The molecule has 0 aromatic rings. The number of rotatable bonds is 3. The van der Waals surface area contributed by atoms with Gasteiger partial charge in [-0.3, -0.25) is 0 Å². The molecule has 0 amide bonds. The van der Waals surface area contributed by atoms with E-state index in [1.165, 1.54) is 23.1 Å². The van der Waals surface area contributed by atoms with Crippen molar-refractivity contribution in [2.24, 2.45) is 0 Å². The number of hydrogen-bond acceptors (Lipinski definition) is 0. The standard InChI is InChI=1S/C15H27P.C3H5.Pd/c1-2-8-13(7-1)16(14-9-3-4-10-14)15-11-5-6-12-15;1-3-2;/h13-15H,1-12H2;3H,1-2H2;/q;-1;/p+1. The van der Waals surface area contributed by atoms with Crippen molar-refractivity contribution in [2.75, 3.05) is 0 Å². The predicted octanol–water partition coefficient (Wildman–Crippen LogP) is 6.03. The summed E-state index contributed by atoms with van der Waals surface area (Å²) in [5.41, 5.74) is 3.74. The van der Waals surface area contributed by atoms with Gasteiger partial charge in [0.15, 0.2) is 0 Å². The van der Waals surface area contributed by atoms with Crippen molar-refractivity contribution in [3.63, 3.8) is 0 Å². The maximum absolute atomic E-state index is 3.25. The molecule has 0 unspecified atom stereocenters. The summed E-state index contributed by atoms with van der Waals surface area (Å²) in [7, 11) is 0.0224. The van der Waals surface area contributed by atoms with E-state index >= 15 is 0 Å². The third-order valence-corrected chi connectivity index (χ3v) is 10.0. The van der Waals surface area contributed by atoms with E-state index in [-0.39, 0.29) is 28.3 Å². The van der Waals surface area contributed by atoms with Crippen molar-refractivity contribution in [1.82, 2.24) is 0 Å². The molecule has 0 saturated heterocycles. The van der Waals surface area contributed by atoms with Gasteiger partial charge in [-0.1, -0.05) is 0 Å². The van der Waals surface area contributed by atoms with E-state index in [0.29, 0.717) is 0 Å². The summed E-state index contributed by atoms with van der Waals surface area (Å²) in [5.74, 6) is 0. The monoisotopic (exact) mass is 386 g/mol. The summed E-state index contributed by atoms with van der Waals surface area (Å²) in [6.07, 6.45) is 20.7. The fraction of sp³-hybridized carbons (Fsp3) is 0.833. The Labute approximate surface area is 142 Å². The van der Waals surface area contributed by atoms with Gasteiger partial charge in [0.2, 0.25) is 0 Å². The van der Waals surface area contributed by atoms with Crippen LogP contribution in [0, 0.1) is 6.92 Å². The Hall–Kier alpha value is 0.702. The van der Waals surface area contributed by atoms with Gasteiger partial charge in [0.25, 0.3) is 0 Å². The molecular formula is C18H33PPd. The Morgan fingerprint density at radius 3 is 1.10 bits per heavy atom. The van der Waals surface area contributed by atoms with Crippen molar-refractivity contribution in [2.45, 2.75) is 94.0 Å². The Balaban J connectivity index is 0.000000462. The smallest absolute Gasteiger partial charge is 0.0680 e. The van der Waals surface area contributed by atoms with Gasteiger partial charge < -0.3 is 0 Å². The van der Waals surface area contributed by atoms with Gasteiger partial charge in [0, 0.05) is 28.3 Å². The summed E-state index contributed by atoms with van der Waals surface area (Å²) in [6.45, 7) is 6.50. The molecule has 0 N–H and O–H groups in total. The summed E-state index contributed by atoms with van der Waals surface area (Å²) < 4.78 is 0. The number of hydrogen-bond donors (Lipinski definition) is 0. The van der Waals surface area contributed by atoms with Crippen LogP contribution in [0.2, 0.25) is 0 Å². The van der Waals surface area contributed by atoms with Gasteiger partial charge in [-0.05, 0) is 77.0 Å². The summed E-state index contributed by atoms with van der Waals surface area (Å²) in [4.78, 5) is 0. The van der Waals surface area contributed by atoms with Crippen molar-refractivity contribution >= 4 is 7.92 Å².